The van der Waals surface area contributed by atoms with Crippen LogP contribution in [-0.4, -0.2) is 178 Å². The maximum atomic E-state index is 15.2. The van der Waals surface area contributed by atoms with Crippen molar-refractivity contribution in [3.63, 3.8) is 0 Å². The van der Waals surface area contributed by atoms with Crippen LogP contribution >= 0.6 is 11.8 Å². The van der Waals surface area contributed by atoms with Gasteiger partial charge in [-0.1, -0.05) is 61.2 Å². The molecule has 2 aliphatic heterocycles. The van der Waals surface area contributed by atoms with Gasteiger partial charge in [0, 0.05) is 66.0 Å². The molecule has 2 aliphatic rings. The number of rotatable bonds is 25. The fraction of sp³-hybridized carbons (Fsp3) is 0.580. The predicted molar refractivity (Wildman–Crippen MR) is 273 cm³/mol. The molecule has 2 saturated heterocycles. The van der Waals surface area contributed by atoms with Crippen molar-refractivity contribution in [1.82, 2.24) is 10.6 Å². The molecule has 428 valence electrons. The van der Waals surface area contributed by atoms with E-state index in [0.717, 1.165) is 67.5 Å². The second-order valence-electron chi connectivity index (χ2n) is 19.2. The van der Waals surface area contributed by atoms with Crippen molar-refractivity contribution < 1.29 is 100 Å². The highest BCUT2D eigenvalue weighted by molar-refractivity contribution is 8.00. The van der Waals surface area contributed by atoms with Crippen molar-refractivity contribution in [3.8, 4) is 0 Å². The number of methoxy groups -OCH3 is 2. The smallest absolute Gasteiger partial charge is 0.368 e. The Labute approximate surface area is 455 Å². The van der Waals surface area contributed by atoms with Crippen LogP contribution in [-0.2, 0) is 90.5 Å². The molecule has 0 bridgehead atoms. The van der Waals surface area contributed by atoms with Crippen LogP contribution in [0.1, 0.15) is 58.3 Å². The van der Waals surface area contributed by atoms with E-state index in [2.05, 4.69) is 20.7 Å². The van der Waals surface area contributed by atoms with Gasteiger partial charge in [-0.3, -0.25) is 28.8 Å². The maximum Gasteiger partial charge on any atom is 0.368 e. The minimum absolute atomic E-state index is 0.0392. The summed E-state index contributed by atoms with van der Waals surface area (Å²) in [6.07, 6.45) is -16.7. The van der Waals surface area contributed by atoms with E-state index in [4.69, 9.17) is 52.1 Å². The zero-order valence-electron chi connectivity index (χ0n) is 45.0. The van der Waals surface area contributed by atoms with Gasteiger partial charge in [0.2, 0.25) is 11.8 Å². The summed E-state index contributed by atoms with van der Waals surface area (Å²) < 4.78 is 65.4. The van der Waals surface area contributed by atoms with Crippen LogP contribution in [0, 0.1) is 0 Å². The summed E-state index contributed by atoms with van der Waals surface area (Å²) in [7, 11) is -0.0352. The number of hydrogen-bond donors (Lipinski definition) is 3. The molecule has 2 aromatic carbocycles. The van der Waals surface area contributed by atoms with Gasteiger partial charge in [-0.05, 0) is 35.8 Å². The Hall–Kier alpha value is -6.65. The number of aliphatic hydroxyl groups is 1. The molecule has 0 spiro atoms. The van der Waals surface area contributed by atoms with Crippen molar-refractivity contribution in [1.29, 1.82) is 0 Å². The highest BCUT2D eigenvalue weighted by Crippen LogP contribution is 2.47. The van der Waals surface area contributed by atoms with Crippen molar-refractivity contribution in [2.45, 2.75) is 156 Å². The summed E-state index contributed by atoms with van der Waals surface area (Å²) in [5.74, 6) is -14.9. The van der Waals surface area contributed by atoms with E-state index < -0.39 is 159 Å². The van der Waals surface area contributed by atoms with E-state index >= 15 is 4.79 Å². The standard InChI is InChI=1S/C50H67N5O21SSi/c1-27(56)53-38-35(73-46(63)33-18-14-12-15-19-33)24-49(47(64)66-7,69-22-23-78(9,10)11)75-42(38)40(62)36(25-52-55-51)74-50(48(65)67-8)45(77-34-20-16-13-17-21-34)44(72-32(6)61)39(54-28(2)57)43(76-50)41(71-31(5)60)37(70-30(4)59)26-68-29(3)58/h12-21,35-45,62H,22-26H2,1-11H3,(H,53,56)(H,54,57)/t35-,36+,37+,38+,39-,40+,41+,42+,43+,44+,45-,49+,50+/m0/s1. The molecule has 0 saturated carbocycles. The first-order chi connectivity index (χ1) is 36.7. The van der Waals surface area contributed by atoms with Crippen molar-refractivity contribution in [3.05, 3.63) is 76.7 Å². The van der Waals surface area contributed by atoms with E-state index in [1.54, 1.807) is 48.5 Å². The maximum absolute atomic E-state index is 15.2. The molecule has 2 aromatic rings. The summed E-state index contributed by atoms with van der Waals surface area (Å²) in [6, 6.07) is 12.7. The molecular formula is C50H67N5O21SSi. The lowest BCUT2D eigenvalue weighted by Crippen LogP contribution is -2.75. The van der Waals surface area contributed by atoms with Crippen LogP contribution in [0.5, 0.6) is 0 Å². The Bertz CT molecular complexity index is 2500. The molecule has 0 aliphatic carbocycles. The summed E-state index contributed by atoms with van der Waals surface area (Å²) >= 11 is 0.751. The average molecular weight is 1130 g/mol. The van der Waals surface area contributed by atoms with Gasteiger partial charge < -0.3 is 67.8 Å². The van der Waals surface area contributed by atoms with Gasteiger partial charge in [-0.2, -0.15) is 0 Å². The molecular weight excluding hydrogens is 1070 g/mol. The third-order valence-electron chi connectivity index (χ3n) is 11.8. The van der Waals surface area contributed by atoms with Gasteiger partial charge in [0.1, 0.15) is 42.4 Å². The molecule has 0 aromatic heterocycles. The molecule has 13 atom stereocenters. The number of carbonyl (C=O) groups is 9. The fourth-order valence-corrected chi connectivity index (χ4v) is 10.6. The van der Waals surface area contributed by atoms with Gasteiger partial charge in [0.15, 0.2) is 12.2 Å². The molecule has 4 rings (SSSR count). The number of aliphatic hydroxyl groups excluding tert-OH is 1. The average Bonchev–Trinajstić information content (AvgIpc) is 3.57. The molecule has 26 nitrogen and oxygen atoms in total. The van der Waals surface area contributed by atoms with Gasteiger partial charge >= 0.3 is 41.8 Å². The molecule has 0 unspecified atom stereocenters. The molecule has 3 N–H and O–H groups in total. The quantitative estimate of drug-likeness (QED) is 0.0321. The monoisotopic (exact) mass is 1130 g/mol. The second kappa shape index (κ2) is 28.8. The number of nitrogens with zero attached hydrogens (tertiary/aromatic N) is 3. The van der Waals surface area contributed by atoms with E-state index in [0.29, 0.717) is 10.9 Å². The molecule has 0 radical (unpaired) electrons. The zero-order chi connectivity index (χ0) is 58.1. The number of azide groups is 1. The normalized spacial score (nSPS) is 25.4. The number of hydrogen-bond acceptors (Lipinski definition) is 23. The second-order valence-corrected chi connectivity index (χ2v) is 26.0. The van der Waals surface area contributed by atoms with Crippen LogP contribution in [0.4, 0.5) is 0 Å². The first-order valence-corrected chi connectivity index (χ1v) is 29.0. The number of amides is 2. The zero-order valence-corrected chi connectivity index (χ0v) is 46.8. The Morgan fingerprint density at radius 2 is 1.36 bits per heavy atom. The minimum Gasteiger partial charge on any atom is -0.465 e. The summed E-state index contributed by atoms with van der Waals surface area (Å²) in [4.78, 5) is 125. The number of nitrogens with one attached hydrogen (secondary N) is 2. The van der Waals surface area contributed by atoms with Crippen LogP contribution in [0.15, 0.2) is 70.7 Å². The van der Waals surface area contributed by atoms with Gasteiger partial charge in [0.25, 0.3) is 11.6 Å². The highest BCUT2D eigenvalue weighted by Gasteiger charge is 2.67. The van der Waals surface area contributed by atoms with Crippen molar-refractivity contribution >= 4 is 73.4 Å². The number of esters is 7. The number of carbonyl (C=O) groups excluding carboxylic acids is 9. The Kier molecular flexibility index (Phi) is 23.6. The van der Waals surface area contributed by atoms with E-state index in [1.807, 2.05) is 19.6 Å². The fourth-order valence-electron chi connectivity index (χ4n) is 8.59. The molecule has 78 heavy (non-hydrogen) atoms. The number of thioether (sulfide) groups is 1. The summed E-state index contributed by atoms with van der Waals surface area (Å²) in [5.41, 5.74) is 9.92. The SMILES string of the molecule is COC(=O)[C@@]1(OCC[Si](C)(C)C)C[C@H](OC(=O)c2ccccc2)[C@@H](NC(C)=O)[C@H]([C@H](O)[C@@H](CN=[N+]=[N-])O[C@@]2(C(=O)OC)O[C@@H]([C@H](OC(C)=O)[C@@H](COC(C)=O)OC(C)=O)[C@H](NC(C)=O)[C@@H](OC(C)=O)[C@@H]2Sc2ccccc2)O1. The minimum atomic E-state index is -3.17. The molecule has 2 fully saturated rings. The molecule has 28 heteroatoms. The lowest BCUT2D eigenvalue weighted by atomic mass is 9.86. The summed E-state index contributed by atoms with van der Waals surface area (Å²) in [6.45, 7) is 10.2. The third kappa shape index (κ3) is 17.4. The lowest BCUT2D eigenvalue weighted by molar-refractivity contribution is -0.341. The van der Waals surface area contributed by atoms with E-state index in [1.165, 1.54) is 12.1 Å². The van der Waals surface area contributed by atoms with Gasteiger partial charge in [-0.15, -0.1) is 11.8 Å². The van der Waals surface area contributed by atoms with Crippen LogP contribution in [0.3, 0.4) is 0 Å². The Morgan fingerprint density at radius 3 is 1.88 bits per heavy atom. The summed E-state index contributed by atoms with van der Waals surface area (Å²) in [5, 5.41) is 20.2. The Balaban J connectivity index is 2.14. The van der Waals surface area contributed by atoms with Crippen LogP contribution in [0.2, 0.25) is 25.7 Å². The predicted octanol–water partition coefficient (Wildman–Crippen LogP) is 3.08. The molecule has 2 amide bonds. The first-order valence-electron chi connectivity index (χ1n) is 24.4. The first kappa shape index (κ1) is 63.9. The van der Waals surface area contributed by atoms with Crippen LogP contribution < -0.4 is 10.6 Å². The van der Waals surface area contributed by atoms with Gasteiger partial charge in [-0.25, -0.2) is 14.4 Å². The topological polar surface area (TPSA) is 348 Å². The highest BCUT2D eigenvalue weighted by atomic mass is 32.2. The third-order valence-corrected chi connectivity index (χ3v) is 14.9. The van der Waals surface area contributed by atoms with Gasteiger partial charge in [0.05, 0.1) is 50.9 Å². The van der Waals surface area contributed by atoms with E-state index in [-0.39, 0.29) is 12.2 Å². The van der Waals surface area contributed by atoms with E-state index in [9.17, 15) is 49.0 Å². The number of benzene rings is 2. The largest absolute Gasteiger partial charge is 0.465 e. The van der Waals surface area contributed by atoms with Crippen molar-refractivity contribution in [2.75, 3.05) is 34.0 Å². The lowest BCUT2D eigenvalue weighted by Gasteiger charge is -2.53. The number of ether oxygens (including phenoxy) is 11. The van der Waals surface area contributed by atoms with Crippen molar-refractivity contribution in [2.24, 2.45) is 5.11 Å². The molecule has 2 heterocycles. The Morgan fingerprint density at radius 1 is 0.769 bits per heavy atom. The van der Waals surface area contributed by atoms with Crippen LogP contribution in [0.25, 0.3) is 10.4 Å².